The van der Waals surface area contributed by atoms with Crippen LogP contribution in [0.25, 0.3) is 10.2 Å². The molecular weight excluding hydrogens is 470 g/mol. The van der Waals surface area contributed by atoms with Gasteiger partial charge in [-0.15, -0.1) is 11.3 Å². The second-order valence-corrected chi connectivity index (χ2v) is 10.3. The first kappa shape index (κ1) is 23.0. The molecular formula is C24H25N5O5S. The van der Waals surface area contributed by atoms with Gasteiger partial charge in [0.2, 0.25) is 11.7 Å². The van der Waals surface area contributed by atoms with Crippen molar-refractivity contribution in [2.75, 3.05) is 18.5 Å². The molecule has 4 N–H and O–H groups in total. The molecule has 3 amide bonds. The van der Waals surface area contributed by atoms with Crippen molar-refractivity contribution in [1.29, 1.82) is 0 Å². The lowest BCUT2D eigenvalue weighted by Crippen LogP contribution is -2.33. The van der Waals surface area contributed by atoms with Crippen LogP contribution in [0.1, 0.15) is 40.5 Å². The number of hydrogen-bond acceptors (Lipinski definition) is 7. The molecule has 0 bridgehead atoms. The van der Waals surface area contributed by atoms with E-state index >= 15 is 0 Å². The largest absolute Gasteiger partial charge is 0.482 e. The number of rotatable bonds is 6. The summed E-state index contributed by atoms with van der Waals surface area (Å²) in [6, 6.07) is 5.24. The molecule has 11 heteroatoms. The van der Waals surface area contributed by atoms with Crippen LogP contribution in [0.4, 0.5) is 5.69 Å². The minimum atomic E-state index is -0.512. The monoisotopic (exact) mass is 495 g/mol. The van der Waals surface area contributed by atoms with Gasteiger partial charge in [-0.1, -0.05) is 19.9 Å². The number of ether oxygens (including phenoxy) is 1. The number of nitrogens with one attached hydrogen (secondary N) is 4. The maximum atomic E-state index is 12.9. The third-order valence-electron chi connectivity index (χ3n) is 6.03. The number of aromatic amines is 1. The van der Waals surface area contributed by atoms with Crippen LogP contribution in [-0.2, 0) is 29.0 Å². The van der Waals surface area contributed by atoms with E-state index in [0.717, 1.165) is 16.0 Å². The maximum Gasteiger partial charge on any atom is 0.287 e. The Morgan fingerprint density at radius 3 is 2.86 bits per heavy atom. The van der Waals surface area contributed by atoms with Crippen molar-refractivity contribution in [3.63, 3.8) is 0 Å². The highest BCUT2D eigenvalue weighted by Gasteiger charge is 2.32. The Hall–Kier alpha value is -3.73. The molecule has 0 fully saturated rings. The molecule has 10 nitrogen and oxygen atoms in total. The first-order valence-electron chi connectivity index (χ1n) is 11.4. The maximum absolute atomic E-state index is 12.9. The molecule has 3 heterocycles. The van der Waals surface area contributed by atoms with Crippen LogP contribution in [0, 0.1) is 11.8 Å². The number of amides is 3. The standard InChI is InChI=1S/C24H25N5O5S/c1-11(2)8-25-21(31)13-6-14-17(7-13)35-24-19(14)22(32)28-20(29-24)23(33)26-9-12-3-4-16-15(5-12)27-18(30)10-34-16/h3-5,11,13H,6-10H2,1-2H3,(H,25,31)(H,26,33)(H,27,30)(H,28,29,32). The molecule has 2 aromatic heterocycles. The number of nitrogens with zero attached hydrogens (tertiary/aromatic N) is 1. The normalized spacial score (nSPS) is 16.4. The van der Waals surface area contributed by atoms with Gasteiger partial charge in [-0.2, -0.15) is 0 Å². The first-order chi connectivity index (χ1) is 16.8. The van der Waals surface area contributed by atoms with Gasteiger partial charge in [-0.25, -0.2) is 4.98 Å². The van der Waals surface area contributed by atoms with Crippen LogP contribution in [0.3, 0.4) is 0 Å². The number of hydrogen-bond donors (Lipinski definition) is 4. The zero-order valence-corrected chi connectivity index (χ0v) is 20.1. The predicted octanol–water partition coefficient (Wildman–Crippen LogP) is 1.73. The van der Waals surface area contributed by atoms with E-state index in [1.165, 1.54) is 11.3 Å². The molecule has 1 unspecified atom stereocenters. The van der Waals surface area contributed by atoms with E-state index in [0.29, 0.717) is 47.0 Å². The lowest BCUT2D eigenvalue weighted by atomic mass is 10.0. The summed E-state index contributed by atoms with van der Waals surface area (Å²) in [4.78, 5) is 58.0. The molecule has 5 rings (SSSR count). The van der Waals surface area contributed by atoms with Gasteiger partial charge in [0.1, 0.15) is 10.6 Å². The molecule has 1 aliphatic carbocycles. The highest BCUT2D eigenvalue weighted by molar-refractivity contribution is 7.18. The van der Waals surface area contributed by atoms with E-state index in [4.69, 9.17) is 4.74 Å². The third-order valence-corrected chi connectivity index (χ3v) is 7.18. The summed E-state index contributed by atoms with van der Waals surface area (Å²) < 4.78 is 5.34. The van der Waals surface area contributed by atoms with Crippen LogP contribution in [0.15, 0.2) is 23.0 Å². The summed E-state index contributed by atoms with van der Waals surface area (Å²) in [5, 5.41) is 8.90. The molecule has 182 valence electrons. The van der Waals surface area contributed by atoms with E-state index < -0.39 is 5.91 Å². The van der Waals surface area contributed by atoms with E-state index in [-0.39, 0.29) is 42.3 Å². The van der Waals surface area contributed by atoms with Gasteiger partial charge in [-0.3, -0.25) is 19.2 Å². The molecule has 2 aliphatic rings. The van der Waals surface area contributed by atoms with Crippen molar-refractivity contribution in [2.24, 2.45) is 11.8 Å². The van der Waals surface area contributed by atoms with Crippen molar-refractivity contribution >= 4 is 45.0 Å². The number of benzene rings is 1. The molecule has 35 heavy (non-hydrogen) atoms. The Bertz CT molecular complexity index is 1410. The third kappa shape index (κ3) is 4.63. The number of carbonyl (C=O) groups is 3. The van der Waals surface area contributed by atoms with E-state index in [1.807, 2.05) is 13.8 Å². The molecule has 0 saturated heterocycles. The molecule has 1 atom stereocenters. The van der Waals surface area contributed by atoms with Crippen LogP contribution in [0.5, 0.6) is 5.75 Å². The summed E-state index contributed by atoms with van der Waals surface area (Å²) in [6.07, 6.45) is 1.06. The van der Waals surface area contributed by atoms with Crippen LogP contribution < -0.4 is 26.2 Å². The Labute approximate surface area is 204 Å². The summed E-state index contributed by atoms with van der Waals surface area (Å²) in [7, 11) is 0. The fraction of sp³-hybridized carbons (Fsp3) is 0.375. The number of carbonyl (C=O) groups excluding carboxylic acids is 3. The van der Waals surface area contributed by atoms with E-state index in [2.05, 4.69) is 25.9 Å². The fourth-order valence-electron chi connectivity index (χ4n) is 4.28. The average molecular weight is 496 g/mol. The minimum absolute atomic E-state index is 0.00365. The van der Waals surface area contributed by atoms with Gasteiger partial charge in [0.25, 0.3) is 17.4 Å². The quantitative estimate of drug-likeness (QED) is 0.410. The molecule has 0 spiro atoms. The summed E-state index contributed by atoms with van der Waals surface area (Å²) in [5.41, 5.74) is 1.77. The Balaban J connectivity index is 1.28. The minimum Gasteiger partial charge on any atom is -0.482 e. The van der Waals surface area contributed by atoms with E-state index in [9.17, 15) is 19.2 Å². The lowest BCUT2D eigenvalue weighted by Gasteiger charge is -2.18. The predicted molar refractivity (Wildman–Crippen MR) is 131 cm³/mol. The Kier molecular flexibility index (Phi) is 6.01. The van der Waals surface area contributed by atoms with Gasteiger partial charge in [0.15, 0.2) is 6.61 Å². The zero-order chi connectivity index (χ0) is 24.7. The highest BCUT2D eigenvalue weighted by atomic mass is 32.1. The summed E-state index contributed by atoms with van der Waals surface area (Å²) in [5.74, 6) is -0.0584. The van der Waals surface area contributed by atoms with Crippen LogP contribution >= 0.6 is 11.3 Å². The van der Waals surface area contributed by atoms with Crippen molar-refractivity contribution in [3.8, 4) is 5.75 Å². The van der Waals surface area contributed by atoms with Gasteiger partial charge in [0, 0.05) is 23.9 Å². The van der Waals surface area contributed by atoms with E-state index in [1.54, 1.807) is 18.2 Å². The molecule has 1 aromatic carbocycles. The molecule has 3 aromatic rings. The van der Waals surface area contributed by atoms with Crippen molar-refractivity contribution in [1.82, 2.24) is 20.6 Å². The molecule has 0 radical (unpaired) electrons. The SMILES string of the molecule is CC(C)CNC(=O)C1Cc2sc3nc(C(=O)NCc4ccc5c(c4)NC(=O)CO5)[nH]c(=O)c3c2C1. The van der Waals surface area contributed by atoms with Crippen molar-refractivity contribution in [3.05, 3.63) is 50.4 Å². The lowest BCUT2D eigenvalue weighted by molar-refractivity contribution is -0.124. The number of fused-ring (bicyclic) bond motifs is 4. The Morgan fingerprint density at radius 1 is 1.23 bits per heavy atom. The molecule has 1 aliphatic heterocycles. The Morgan fingerprint density at radius 2 is 2.06 bits per heavy atom. The molecule has 0 saturated carbocycles. The van der Waals surface area contributed by atoms with Crippen molar-refractivity contribution < 1.29 is 19.1 Å². The van der Waals surface area contributed by atoms with Gasteiger partial charge in [0.05, 0.1) is 11.1 Å². The second-order valence-electron chi connectivity index (χ2n) is 9.19. The smallest absolute Gasteiger partial charge is 0.287 e. The topological polar surface area (TPSA) is 142 Å². The number of thiophene rings is 1. The first-order valence-corrected chi connectivity index (χ1v) is 12.3. The summed E-state index contributed by atoms with van der Waals surface area (Å²) >= 11 is 1.36. The number of H-pyrrole nitrogens is 1. The second kappa shape index (κ2) is 9.14. The highest BCUT2D eigenvalue weighted by Crippen LogP contribution is 2.37. The van der Waals surface area contributed by atoms with Gasteiger partial charge < -0.3 is 25.7 Å². The van der Waals surface area contributed by atoms with Crippen LogP contribution in [-0.4, -0.2) is 40.8 Å². The zero-order valence-electron chi connectivity index (χ0n) is 19.3. The van der Waals surface area contributed by atoms with Crippen molar-refractivity contribution in [2.45, 2.75) is 33.2 Å². The number of aromatic nitrogens is 2. The number of anilines is 1. The van der Waals surface area contributed by atoms with Gasteiger partial charge >= 0.3 is 0 Å². The fourth-order valence-corrected chi connectivity index (χ4v) is 5.56. The van der Waals surface area contributed by atoms with Gasteiger partial charge in [-0.05, 0) is 42.0 Å². The summed E-state index contributed by atoms with van der Waals surface area (Å²) in [6.45, 7) is 4.86. The van der Waals surface area contributed by atoms with Crippen LogP contribution in [0.2, 0.25) is 0 Å². The average Bonchev–Trinajstić information content (AvgIpc) is 3.38.